The average Bonchev–Trinajstić information content (AvgIpc) is 2.11. The molecule has 0 bridgehead atoms. The van der Waals surface area contributed by atoms with Crippen LogP contribution in [0, 0.1) is 0 Å². The van der Waals surface area contributed by atoms with Crippen molar-refractivity contribution in [2.24, 2.45) is 0 Å². The number of hydrogen-bond acceptors (Lipinski definition) is 3. The lowest BCUT2D eigenvalue weighted by Gasteiger charge is -2.31. The first-order chi connectivity index (χ1) is 8.44. The number of thioether (sulfide) groups is 2. The monoisotopic (exact) mass is 347 g/mol. The predicted octanol–water partition coefficient (Wildman–Crippen LogP) is 4.52. The van der Waals surface area contributed by atoms with Crippen LogP contribution in [-0.2, 0) is 4.57 Å². The zero-order valence-corrected chi connectivity index (χ0v) is 11.8. The molecule has 0 aromatic heterocycles. The lowest BCUT2D eigenvalue weighted by atomic mass is 10.2. The summed E-state index contributed by atoms with van der Waals surface area (Å²) in [5.41, 5.74) is 0. The van der Waals surface area contributed by atoms with Gasteiger partial charge in [0.15, 0.2) is 0 Å². The Bertz CT molecular complexity index is 347. The van der Waals surface area contributed by atoms with Crippen LogP contribution >= 0.6 is 31.6 Å². The first kappa shape index (κ1) is 17.4. The molecule has 0 radical (unpaired) electrons. The van der Waals surface area contributed by atoms with Gasteiger partial charge in [-0.25, -0.2) is 0 Å². The number of alkyl halides is 6. The minimum atomic E-state index is -4.70. The average molecular weight is 347 g/mol. The van der Waals surface area contributed by atoms with Gasteiger partial charge in [-0.3, -0.25) is 0 Å². The van der Waals surface area contributed by atoms with Gasteiger partial charge in [0.05, 0.1) is 6.42 Å². The third-order valence-electron chi connectivity index (χ3n) is 2.29. The second-order valence-electron chi connectivity index (χ2n) is 3.97. The molecule has 1 saturated heterocycles. The Morgan fingerprint density at radius 3 is 2.21 bits per heavy atom. The van der Waals surface area contributed by atoms with E-state index in [0.717, 1.165) is 0 Å². The zero-order chi connectivity index (χ0) is 14.9. The summed E-state index contributed by atoms with van der Waals surface area (Å²) < 4.78 is 83.1. The van der Waals surface area contributed by atoms with E-state index in [0.29, 0.717) is 23.5 Å². The van der Waals surface area contributed by atoms with Gasteiger partial charge in [-0.2, -0.15) is 31.2 Å². The largest absolute Gasteiger partial charge is 0.534 e. The van der Waals surface area contributed by atoms with Crippen LogP contribution in [0.25, 0.3) is 0 Å². The lowest BCUT2D eigenvalue weighted by molar-refractivity contribution is -0.134. The standard InChI is InChI=1S/C8H9F6O2PS2/c9-6(10,11)3-5-1-2-18-8(19-5,17(15)16)4-7(12,13)14/h5H,1-4H2/p+1. The number of hydrogen-bond donors (Lipinski definition) is 1. The minimum absolute atomic E-state index is 0.00542. The van der Waals surface area contributed by atoms with Crippen molar-refractivity contribution < 1.29 is 35.8 Å². The molecule has 0 saturated carbocycles. The third-order valence-corrected chi connectivity index (χ3v) is 7.60. The third kappa shape index (κ3) is 5.69. The summed E-state index contributed by atoms with van der Waals surface area (Å²) in [7, 11) is -3.25. The van der Waals surface area contributed by atoms with E-state index in [9.17, 15) is 30.9 Å². The Morgan fingerprint density at radius 1 is 1.21 bits per heavy atom. The van der Waals surface area contributed by atoms with Crippen LogP contribution in [-0.4, -0.2) is 32.1 Å². The van der Waals surface area contributed by atoms with Crippen LogP contribution in [0.1, 0.15) is 19.3 Å². The van der Waals surface area contributed by atoms with Gasteiger partial charge in [-0.15, -0.1) is 0 Å². The molecule has 1 heterocycles. The highest BCUT2D eigenvalue weighted by atomic mass is 32.2. The molecular formula is C8H10F6O2PS2+. The van der Waals surface area contributed by atoms with E-state index in [1.54, 1.807) is 0 Å². The molecule has 0 amide bonds. The van der Waals surface area contributed by atoms with E-state index >= 15 is 0 Å². The van der Waals surface area contributed by atoms with Gasteiger partial charge in [0.25, 0.3) is 3.82 Å². The quantitative estimate of drug-likeness (QED) is 0.602. The van der Waals surface area contributed by atoms with Crippen molar-refractivity contribution in [3.05, 3.63) is 0 Å². The molecule has 112 valence electrons. The molecule has 3 atom stereocenters. The molecule has 11 heteroatoms. The van der Waals surface area contributed by atoms with E-state index in [1.165, 1.54) is 0 Å². The van der Waals surface area contributed by atoms with Crippen molar-refractivity contribution in [2.45, 2.75) is 40.7 Å². The van der Waals surface area contributed by atoms with Gasteiger partial charge in [0, 0.05) is 5.25 Å². The van der Waals surface area contributed by atoms with E-state index < -0.39 is 42.3 Å². The number of halogens is 6. The highest BCUT2D eigenvalue weighted by Gasteiger charge is 2.60. The normalized spacial score (nSPS) is 30.3. The molecule has 3 unspecified atom stereocenters. The van der Waals surface area contributed by atoms with Gasteiger partial charge in [0.1, 0.15) is 6.42 Å². The Morgan fingerprint density at radius 2 is 1.79 bits per heavy atom. The van der Waals surface area contributed by atoms with Crippen molar-refractivity contribution in [1.29, 1.82) is 0 Å². The molecule has 19 heavy (non-hydrogen) atoms. The molecule has 0 aromatic rings. The number of rotatable bonds is 3. The van der Waals surface area contributed by atoms with Gasteiger partial charge in [0.2, 0.25) is 0 Å². The van der Waals surface area contributed by atoms with Crippen molar-refractivity contribution in [3.63, 3.8) is 0 Å². The Labute approximate surface area is 114 Å². The molecule has 0 aliphatic carbocycles. The van der Waals surface area contributed by atoms with Crippen LogP contribution in [0.4, 0.5) is 26.3 Å². The first-order valence-corrected chi connectivity index (χ1v) is 8.13. The minimum Gasteiger partial charge on any atom is -0.171 e. The molecular weight excluding hydrogens is 337 g/mol. The van der Waals surface area contributed by atoms with Gasteiger partial charge >= 0.3 is 20.4 Å². The maximum atomic E-state index is 12.4. The Kier molecular flexibility index (Phi) is 5.48. The zero-order valence-electron chi connectivity index (χ0n) is 9.29. The molecule has 1 aliphatic rings. The molecule has 0 spiro atoms. The molecule has 1 fully saturated rings. The van der Waals surface area contributed by atoms with Crippen molar-refractivity contribution in [3.8, 4) is 0 Å². The van der Waals surface area contributed by atoms with Crippen LogP contribution in [0.5, 0.6) is 0 Å². The van der Waals surface area contributed by atoms with E-state index in [1.807, 2.05) is 0 Å². The maximum absolute atomic E-state index is 12.4. The molecule has 1 aliphatic heterocycles. The van der Waals surface area contributed by atoms with Crippen molar-refractivity contribution in [1.82, 2.24) is 0 Å². The van der Waals surface area contributed by atoms with Crippen LogP contribution < -0.4 is 0 Å². The lowest BCUT2D eigenvalue weighted by Crippen LogP contribution is -2.33. The van der Waals surface area contributed by atoms with E-state index in [4.69, 9.17) is 4.89 Å². The smallest absolute Gasteiger partial charge is 0.171 e. The summed E-state index contributed by atoms with van der Waals surface area (Å²) >= 11 is 0.947. The van der Waals surface area contributed by atoms with Gasteiger partial charge in [-0.1, -0.05) is 23.5 Å². The van der Waals surface area contributed by atoms with Gasteiger partial charge in [-0.05, 0) is 16.7 Å². The van der Waals surface area contributed by atoms with Crippen LogP contribution in [0.3, 0.4) is 0 Å². The fraction of sp³-hybridized carbons (Fsp3) is 1.00. The summed E-state index contributed by atoms with van der Waals surface area (Å²) in [5, 5.41) is -1.12. The fourth-order valence-electron chi connectivity index (χ4n) is 1.62. The van der Waals surface area contributed by atoms with Crippen molar-refractivity contribution >= 4 is 31.6 Å². The molecule has 1 N–H and O–H groups in total. The highest BCUT2D eigenvalue weighted by molar-refractivity contribution is 8.24. The van der Waals surface area contributed by atoms with E-state index in [2.05, 4.69) is 0 Å². The summed E-state index contributed by atoms with van der Waals surface area (Å²) in [6, 6.07) is 0. The topological polar surface area (TPSA) is 37.3 Å². The Balaban J connectivity index is 2.84. The van der Waals surface area contributed by atoms with E-state index in [-0.39, 0.29) is 12.2 Å². The highest BCUT2D eigenvalue weighted by Crippen LogP contribution is 2.63. The van der Waals surface area contributed by atoms with Crippen LogP contribution in [0.15, 0.2) is 0 Å². The SMILES string of the molecule is O=[P+](O)C1(CC(F)(F)F)SCCC(CC(F)(F)F)S1. The van der Waals surface area contributed by atoms with Crippen LogP contribution in [0.2, 0.25) is 0 Å². The second-order valence-corrected chi connectivity index (χ2v) is 9.14. The van der Waals surface area contributed by atoms with Gasteiger partial charge < -0.3 is 0 Å². The Hall–Kier alpha value is 0.340. The summed E-state index contributed by atoms with van der Waals surface area (Å²) in [6.45, 7) is 0. The first-order valence-electron chi connectivity index (χ1n) is 5.05. The maximum Gasteiger partial charge on any atom is 0.534 e. The fourth-order valence-corrected chi connectivity index (χ4v) is 6.80. The molecule has 0 aromatic carbocycles. The predicted molar refractivity (Wildman–Crippen MR) is 62.4 cm³/mol. The second kappa shape index (κ2) is 5.99. The molecule has 1 rings (SSSR count). The summed E-state index contributed by atoms with van der Waals surface area (Å²) in [5.74, 6) is 0.00542. The summed E-state index contributed by atoms with van der Waals surface area (Å²) in [4.78, 5) is 9.09. The molecule has 2 nitrogen and oxygen atoms in total. The summed E-state index contributed by atoms with van der Waals surface area (Å²) in [6.07, 6.45) is -12.0. The van der Waals surface area contributed by atoms with Crippen molar-refractivity contribution in [2.75, 3.05) is 5.75 Å².